The van der Waals surface area contributed by atoms with Gasteiger partial charge in [-0.25, -0.2) is 0 Å². The van der Waals surface area contributed by atoms with Crippen LogP contribution in [0.5, 0.6) is 5.75 Å². The topological polar surface area (TPSA) is 37.3 Å². The zero-order chi connectivity index (χ0) is 9.84. The van der Waals surface area contributed by atoms with Gasteiger partial charge in [0, 0.05) is 6.42 Å². The van der Waals surface area contributed by atoms with Crippen LogP contribution in [0.1, 0.15) is 12.0 Å². The molecule has 0 unspecified atom stereocenters. The van der Waals surface area contributed by atoms with Crippen LogP contribution in [0.3, 0.4) is 0 Å². The third kappa shape index (κ3) is 3.08. The molecule has 1 aromatic carbocycles. The number of phenols is 1. The molecule has 0 aliphatic heterocycles. The Bertz CT molecular complexity index is 300. The van der Waals surface area contributed by atoms with Crippen molar-refractivity contribution < 1.29 is 9.90 Å². The lowest BCUT2D eigenvalue weighted by atomic mass is 10.1. The fraction of sp³-hybridized carbons (Fsp3) is 0.222. The van der Waals surface area contributed by atoms with Crippen molar-refractivity contribution in [2.24, 2.45) is 0 Å². The maximum absolute atomic E-state index is 10.0. The molecule has 1 N–H and O–H groups in total. The molecule has 0 amide bonds. The summed E-state index contributed by atoms with van der Waals surface area (Å²) in [5.41, 5.74) is 1.06. The largest absolute Gasteiger partial charge is 0.506 e. The highest BCUT2D eigenvalue weighted by molar-refractivity contribution is 14.1. The van der Waals surface area contributed by atoms with Gasteiger partial charge in [-0.1, -0.05) is 0 Å². The molecular formula is C9H7I2O2. The first-order valence-electron chi connectivity index (χ1n) is 3.67. The maximum atomic E-state index is 10.0. The SMILES string of the molecule is O=[C]CCc1cc(I)c(O)c(I)c1. The molecular weight excluding hydrogens is 394 g/mol. The van der Waals surface area contributed by atoms with E-state index in [0.717, 1.165) is 12.7 Å². The first kappa shape index (κ1) is 11.2. The number of aryl methyl sites for hydroxylation is 1. The van der Waals surface area contributed by atoms with Gasteiger partial charge in [-0.05, 0) is 69.3 Å². The number of benzene rings is 1. The second-order valence-corrected chi connectivity index (χ2v) is 4.88. The number of hydrogen-bond acceptors (Lipinski definition) is 2. The Balaban J connectivity index is 2.92. The minimum atomic E-state index is 0.319. The third-order valence-electron chi connectivity index (χ3n) is 1.59. The van der Waals surface area contributed by atoms with Crippen LogP contribution in [0.25, 0.3) is 0 Å². The van der Waals surface area contributed by atoms with Gasteiger partial charge in [0.2, 0.25) is 0 Å². The summed E-state index contributed by atoms with van der Waals surface area (Å²) in [5, 5.41) is 9.46. The molecule has 0 fully saturated rings. The normalized spacial score (nSPS) is 10.0. The van der Waals surface area contributed by atoms with E-state index in [4.69, 9.17) is 0 Å². The van der Waals surface area contributed by atoms with E-state index >= 15 is 0 Å². The average molecular weight is 401 g/mol. The fourth-order valence-electron chi connectivity index (χ4n) is 0.958. The average Bonchev–Trinajstić information content (AvgIpc) is 2.10. The Labute approximate surface area is 104 Å². The molecule has 1 radical (unpaired) electrons. The van der Waals surface area contributed by atoms with Crippen molar-refractivity contribution in [1.29, 1.82) is 0 Å². The minimum absolute atomic E-state index is 0.319. The van der Waals surface area contributed by atoms with Crippen LogP contribution in [0.2, 0.25) is 0 Å². The molecule has 0 saturated heterocycles. The van der Waals surface area contributed by atoms with E-state index in [1.165, 1.54) is 0 Å². The van der Waals surface area contributed by atoms with E-state index in [0.29, 0.717) is 18.6 Å². The van der Waals surface area contributed by atoms with Gasteiger partial charge in [0.25, 0.3) is 0 Å². The standard InChI is InChI=1S/C9H7I2O2/c10-7-4-6(2-1-3-12)5-8(11)9(7)13/h4-5,13H,1-2H2. The van der Waals surface area contributed by atoms with Crippen LogP contribution < -0.4 is 0 Å². The van der Waals surface area contributed by atoms with E-state index < -0.39 is 0 Å². The van der Waals surface area contributed by atoms with Crippen molar-refractivity contribution in [2.45, 2.75) is 12.8 Å². The number of halogens is 2. The second kappa shape index (κ2) is 5.14. The number of phenolic OH excluding ortho intramolecular Hbond substituents is 1. The number of carbonyl (C=O) groups excluding carboxylic acids is 1. The quantitative estimate of drug-likeness (QED) is 0.792. The smallest absolute Gasteiger partial charge is 0.198 e. The predicted molar refractivity (Wildman–Crippen MR) is 67.6 cm³/mol. The molecule has 13 heavy (non-hydrogen) atoms. The fourth-order valence-corrected chi connectivity index (χ4v) is 2.85. The van der Waals surface area contributed by atoms with E-state index in [2.05, 4.69) is 45.2 Å². The summed E-state index contributed by atoms with van der Waals surface area (Å²) in [6.07, 6.45) is 2.96. The lowest BCUT2D eigenvalue weighted by Gasteiger charge is -2.03. The zero-order valence-electron chi connectivity index (χ0n) is 6.68. The molecule has 69 valence electrons. The lowest BCUT2D eigenvalue weighted by molar-refractivity contribution is 0.467. The Morgan fingerprint density at radius 2 is 1.85 bits per heavy atom. The predicted octanol–water partition coefficient (Wildman–Crippen LogP) is 2.64. The Morgan fingerprint density at radius 1 is 1.31 bits per heavy atom. The molecule has 0 spiro atoms. The number of aromatic hydroxyl groups is 1. The van der Waals surface area contributed by atoms with Gasteiger partial charge in [-0.3, -0.25) is 4.79 Å². The van der Waals surface area contributed by atoms with Gasteiger partial charge in [-0.2, -0.15) is 0 Å². The van der Waals surface area contributed by atoms with Gasteiger partial charge in [-0.15, -0.1) is 0 Å². The molecule has 0 atom stereocenters. The Hall–Kier alpha value is 0.150. The molecule has 0 aliphatic rings. The minimum Gasteiger partial charge on any atom is -0.506 e. The van der Waals surface area contributed by atoms with Crippen LogP contribution in [-0.2, 0) is 11.2 Å². The molecule has 0 saturated carbocycles. The molecule has 1 aromatic rings. The summed E-state index contributed by atoms with van der Waals surface area (Å²) in [5.74, 6) is 0.319. The second-order valence-electron chi connectivity index (χ2n) is 2.55. The lowest BCUT2D eigenvalue weighted by Crippen LogP contribution is -1.89. The molecule has 0 heterocycles. The Kier molecular flexibility index (Phi) is 4.43. The van der Waals surface area contributed by atoms with Gasteiger partial charge in [0.05, 0.1) is 7.14 Å². The van der Waals surface area contributed by atoms with Crippen molar-refractivity contribution >= 4 is 51.5 Å². The highest BCUT2D eigenvalue weighted by atomic mass is 127. The maximum Gasteiger partial charge on any atom is 0.198 e. The summed E-state index contributed by atoms with van der Waals surface area (Å²) in [6.45, 7) is 0. The number of hydrogen-bond donors (Lipinski definition) is 1. The molecule has 4 heteroatoms. The van der Waals surface area contributed by atoms with Crippen LogP contribution >= 0.6 is 45.2 Å². The molecule has 0 aromatic heterocycles. The van der Waals surface area contributed by atoms with Crippen LogP contribution in [0.15, 0.2) is 12.1 Å². The van der Waals surface area contributed by atoms with Crippen molar-refractivity contribution in [3.05, 3.63) is 24.8 Å². The van der Waals surface area contributed by atoms with Crippen molar-refractivity contribution in [3.63, 3.8) is 0 Å². The van der Waals surface area contributed by atoms with E-state index in [-0.39, 0.29) is 0 Å². The van der Waals surface area contributed by atoms with Gasteiger partial charge in [0.1, 0.15) is 5.75 Å². The van der Waals surface area contributed by atoms with Gasteiger partial charge >= 0.3 is 0 Å². The van der Waals surface area contributed by atoms with E-state index in [1.54, 1.807) is 0 Å². The molecule has 2 nitrogen and oxygen atoms in total. The summed E-state index contributed by atoms with van der Waals surface area (Å²) < 4.78 is 1.65. The molecule has 0 aliphatic carbocycles. The van der Waals surface area contributed by atoms with E-state index in [9.17, 15) is 9.90 Å². The monoisotopic (exact) mass is 401 g/mol. The van der Waals surface area contributed by atoms with Crippen LogP contribution in [0, 0.1) is 7.14 Å². The highest BCUT2D eigenvalue weighted by Gasteiger charge is 2.05. The summed E-state index contributed by atoms with van der Waals surface area (Å²) >= 11 is 4.15. The third-order valence-corrected chi connectivity index (χ3v) is 3.24. The summed E-state index contributed by atoms with van der Waals surface area (Å²) in [7, 11) is 0. The zero-order valence-corrected chi connectivity index (χ0v) is 11.0. The van der Waals surface area contributed by atoms with Gasteiger partial charge in [0.15, 0.2) is 6.29 Å². The van der Waals surface area contributed by atoms with Crippen LogP contribution in [0.4, 0.5) is 0 Å². The van der Waals surface area contributed by atoms with E-state index in [1.807, 2.05) is 18.4 Å². The number of rotatable bonds is 3. The van der Waals surface area contributed by atoms with Crippen molar-refractivity contribution in [3.8, 4) is 5.75 Å². The molecule has 1 rings (SSSR count). The van der Waals surface area contributed by atoms with Gasteiger partial charge < -0.3 is 5.11 Å². The first-order chi connectivity index (χ1) is 6.15. The highest BCUT2D eigenvalue weighted by Crippen LogP contribution is 2.27. The van der Waals surface area contributed by atoms with Crippen LogP contribution in [-0.4, -0.2) is 11.4 Å². The van der Waals surface area contributed by atoms with Crippen molar-refractivity contribution in [1.82, 2.24) is 0 Å². The molecule has 0 bridgehead atoms. The summed E-state index contributed by atoms with van der Waals surface area (Å²) in [4.78, 5) is 10.0. The Morgan fingerprint density at radius 3 is 2.31 bits per heavy atom. The summed E-state index contributed by atoms with van der Waals surface area (Å²) in [6, 6.07) is 3.77. The van der Waals surface area contributed by atoms with Crippen molar-refractivity contribution in [2.75, 3.05) is 0 Å². The first-order valence-corrected chi connectivity index (χ1v) is 5.83.